The molecule has 0 spiro atoms. The number of benzene rings is 1. The standard InChI is InChI=1S/C18H29N3O.ClH/c1-3-22-17-7-5-4-6-16(17)21-12-10-20(11-13-21)15-18(2)8-9-19-14-18;/h4-7,19H,3,8-15H2,1-2H3;1H. The number of halogens is 1. The molecule has 0 amide bonds. The van der Waals surface area contributed by atoms with Gasteiger partial charge in [0.2, 0.25) is 0 Å². The van der Waals surface area contributed by atoms with Crippen LogP contribution < -0.4 is 15.0 Å². The summed E-state index contributed by atoms with van der Waals surface area (Å²) in [5, 5.41) is 3.50. The Labute approximate surface area is 146 Å². The Morgan fingerprint density at radius 2 is 1.91 bits per heavy atom. The van der Waals surface area contributed by atoms with E-state index in [0.29, 0.717) is 5.41 Å². The lowest BCUT2D eigenvalue weighted by Gasteiger charge is -2.40. The van der Waals surface area contributed by atoms with Crippen LogP contribution in [-0.2, 0) is 0 Å². The van der Waals surface area contributed by atoms with Crippen molar-refractivity contribution in [2.45, 2.75) is 20.3 Å². The summed E-state index contributed by atoms with van der Waals surface area (Å²) in [5.74, 6) is 1.02. The van der Waals surface area contributed by atoms with Gasteiger partial charge in [0.25, 0.3) is 0 Å². The number of piperazine rings is 1. The third-order valence-corrected chi connectivity index (χ3v) is 4.94. The van der Waals surface area contributed by atoms with Crippen molar-refractivity contribution in [2.24, 2.45) is 5.41 Å². The smallest absolute Gasteiger partial charge is 0.142 e. The van der Waals surface area contributed by atoms with Crippen LogP contribution in [-0.4, -0.2) is 57.3 Å². The van der Waals surface area contributed by atoms with E-state index < -0.39 is 0 Å². The Balaban J connectivity index is 0.00000192. The zero-order valence-electron chi connectivity index (χ0n) is 14.4. The lowest BCUT2D eigenvalue weighted by atomic mass is 9.89. The fraction of sp³-hybridized carbons (Fsp3) is 0.667. The molecule has 1 unspecified atom stereocenters. The molecule has 3 rings (SSSR count). The molecule has 0 aliphatic carbocycles. The van der Waals surface area contributed by atoms with Crippen LogP contribution in [0, 0.1) is 5.41 Å². The number of nitrogens with zero attached hydrogens (tertiary/aromatic N) is 2. The van der Waals surface area contributed by atoms with Crippen molar-refractivity contribution in [3.63, 3.8) is 0 Å². The van der Waals surface area contributed by atoms with Crippen molar-refractivity contribution >= 4 is 18.1 Å². The van der Waals surface area contributed by atoms with Crippen molar-refractivity contribution in [1.29, 1.82) is 0 Å². The summed E-state index contributed by atoms with van der Waals surface area (Å²) < 4.78 is 5.78. The van der Waals surface area contributed by atoms with Crippen molar-refractivity contribution in [3.8, 4) is 5.75 Å². The first-order valence-electron chi connectivity index (χ1n) is 8.60. The average molecular weight is 340 g/mol. The van der Waals surface area contributed by atoms with E-state index in [9.17, 15) is 0 Å². The molecule has 1 aromatic carbocycles. The fourth-order valence-electron chi connectivity index (χ4n) is 3.69. The zero-order chi connectivity index (χ0) is 15.4. The van der Waals surface area contributed by atoms with E-state index in [1.807, 2.05) is 6.92 Å². The molecule has 2 fully saturated rings. The van der Waals surface area contributed by atoms with Crippen molar-refractivity contribution in [1.82, 2.24) is 10.2 Å². The quantitative estimate of drug-likeness (QED) is 0.892. The topological polar surface area (TPSA) is 27.7 Å². The molecular weight excluding hydrogens is 310 g/mol. The molecule has 0 bridgehead atoms. The summed E-state index contributed by atoms with van der Waals surface area (Å²) in [5.41, 5.74) is 1.71. The molecule has 1 N–H and O–H groups in total. The molecule has 2 aliphatic rings. The third kappa shape index (κ3) is 4.52. The SMILES string of the molecule is CCOc1ccccc1N1CCN(CC2(C)CCNC2)CC1.Cl. The summed E-state index contributed by atoms with van der Waals surface area (Å²) in [4.78, 5) is 5.10. The Bertz CT molecular complexity index is 483. The number of rotatable bonds is 5. The molecule has 0 radical (unpaired) electrons. The number of anilines is 1. The normalized spacial score (nSPS) is 25.2. The van der Waals surface area contributed by atoms with Gasteiger partial charge in [-0.3, -0.25) is 4.90 Å². The molecule has 4 nitrogen and oxygen atoms in total. The number of hydrogen-bond donors (Lipinski definition) is 1. The monoisotopic (exact) mass is 339 g/mol. The molecule has 0 saturated carbocycles. The fourth-order valence-corrected chi connectivity index (χ4v) is 3.69. The van der Waals surface area contributed by atoms with Gasteiger partial charge in [0.05, 0.1) is 12.3 Å². The Kier molecular flexibility index (Phi) is 6.57. The van der Waals surface area contributed by atoms with E-state index in [-0.39, 0.29) is 12.4 Å². The molecule has 23 heavy (non-hydrogen) atoms. The van der Waals surface area contributed by atoms with Crippen molar-refractivity contribution in [2.75, 3.05) is 57.3 Å². The van der Waals surface area contributed by atoms with Gasteiger partial charge in [-0.15, -0.1) is 12.4 Å². The first-order valence-corrected chi connectivity index (χ1v) is 8.60. The number of para-hydroxylation sites is 2. The van der Waals surface area contributed by atoms with Gasteiger partial charge in [0.15, 0.2) is 0 Å². The van der Waals surface area contributed by atoms with Crippen LogP contribution in [0.5, 0.6) is 5.75 Å². The second kappa shape index (κ2) is 8.22. The van der Waals surface area contributed by atoms with Crippen LogP contribution in [0.25, 0.3) is 0 Å². The lowest BCUT2D eigenvalue weighted by molar-refractivity contribution is 0.169. The minimum Gasteiger partial charge on any atom is -0.492 e. The zero-order valence-corrected chi connectivity index (χ0v) is 15.2. The highest BCUT2D eigenvalue weighted by Gasteiger charge is 2.32. The first kappa shape index (κ1) is 18.4. The summed E-state index contributed by atoms with van der Waals surface area (Å²) in [6.45, 7) is 13.2. The minimum absolute atomic E-state index is 0. The summed E-state index contributed by atoms with van der Waals surface area (Å²) in [6, 6.07) is 8.42. The molecule has 1 aromatic rings. The summed E-state index contributed by atoms with van der Waals surface area (Å²) >= 11 is 0. The van der Waals surface area contributed by atoms with Gasteiger partial charge in [-0.25, -0.2) is 0 Å². The van der Waals surface area contributed by atoms with E-state index in [1.165, 1.54) is 31.7 Å². The van der Waals surface area contributed by atoms with E-state index in [1.54, 1.807) is 0 Å². The third-order valence-electron chi connectivity index (χ3n) is 4.94. The second-order valence-corrected chi connectivity index (χ2v) is 6.90. The number of ether oxygens (including phenoxy) is 1. The number of nitrogens with one attached hydrogen (secondary N) is 1. The first-order chi connectivity index (χ1) is 10.7. The molecule has 0 aromatic heterocycles. The molecule has 2 aliphatic heterocycles. The second-order valence-electron chi connectivity index (χ2n) is 6.90. The Morgan fingerprint density at radius 3 is 2.57 bits per heavy atom. The lowest BCUT2D eigenvalue weighted by Crippen LogP contribution is -2.50. The van der Waals surface area contributed by atoms with Gasteiger partial charge in [-0.1, -0.05) is 19.1 Å². The van der Waals surface area contributed by atoms with E-state index in [2.05, 4.69) is 46.3 Å². The van der Waals surface area contributed by atoms with Gasteiger partial charge >= 0.3 is 0 Å². The summed E-state index contributed by atoms with van der Waals surface area (Å²) in [7, 11) is 0. The van der Waals surface area contributed by atoms with Crippen LogP contribution in [0.15, 0.2) is 24.3 Å². The van der Waals surface area contributed by atoms with Crippen LogP contribution >= 0.6 is 12.4 Å². The largest absolute Gasteiger partial charge is 0.492 e. The molecule has 2 heterocycles. The molecule has 1 atom stereocenters. The van der Waals surface area contributed by atoms with E-state index in [4.69, 9.17) is 4.74 Å². The summed E-state index contributed by atoms with van der Waals surface area (Å²) in [6.07, 6.45) is 1.31. The highest BCUT2D eigenvalue weighted by Crippen LogP contribution is 2.30. The Hall–Kier alpha value is -0.970. The minimum atomic E-state index is 0. The van der Waals surface area contributed by atoms with E-state index in [0.717, 1.165) is 38.5 Å². The van der Waals surface area contributed by atoms with Gasteiger partial charge < -0.3 is 15.0 Å². The number of hydrogen-bond acceptors (Lipinski definition) is 4. The van der Waals surface area contributed by atoms with Crippen LogP contribution in [0.3, 0.4) is 0 Å². The predicted octanol–water partition coefficient (Wildman–Crippen LogP) is 2.63. The molecule has 2 saturated heterocycles. The average Bonchev–Trinajstić information content (AvgIpc) is 2.95. The highest BCUT2D eigenvalue weighted by atomic mass is 35.5. The van der Waals surface area contributed by atoms with E-state index >= 15 is 0 Å². The van der Waals surface area contributed by atoms with Crippen LogP contribution in [0.1, 0.15) is 20.3 Å². The maximum Gasteiger partial charge on any atom is 0.142 e. The maximum absolute atomic E-state index is 5.78. The highest BCUT2D eigenvalue weighted by molar-refractivity contribution is 5.85. The Morgan fingerprint density at radius 1 is 1.17 bits per heavy atom. The van der Waals surface area contributed by atoms with Crippen LogP contribution in [0.4, 0.5) is 5.69 Å². The van der Waals surface area contributed by atoms with Crippen molar-refractivity contribution in [3.05, 3.63) is 24.3 Å². The van der Waals surface area contributed by atoms with Gasteiger partial charge in [-0.05, 0) is 37.4 Å². The molecule has 130 valence electrons. The van der Waals surface area contributed by atoms with Gasteiger partial charge in [-0.2, -0.15) is 0 Å². The molecular formula is C18H30ClN3O. The van der Waals surface area contributed by atoms with Gasteiger partial charge in [0.1, 0.15) is 5.75 Å². The predicted molar refractivity (Wildman–Crippen MR) is 99.1 cm³/mol. The maximum atomic E-state index is 5.78. The van der Waals surface area contributed by atoms with Crippen LogP contribution in [0.2, 0.25) is 0 Å². The van der Waals surface area contributed by atoms with Gasteiger partial charge in [0, 0.05) is 39.3 Å². The van der Waals surface area contributed by atoms with Crippen molar-refractivity contribution < 1.29 is 4.74 Å². The molecule has 5 heteroatoms.